The minimum Gasteiger partial charge on any atom is -0.480 e. The third kappa shape index (κ3) is 21.1. The summed E-state index contributed by atoms with van der Waals surface area (Å²) in [5.41, 5.74) is 33.1. The van der Waals surface area contributed by atoms with Gasteiger partial charge >= 0.3 is 12.1 Å². The lowest BCUT2D eigenvalue weighted by Gasteiger charge is -2.47. The van der Waals surface area contributed by atoms with Gasteiger partial charge in [-0.3, -0.25) is 38.6 Å². The summed E-state index contributed by atoms with van der Waals surface area (Å²) in [5.74, 6) is -9.50. The molecule has 2 aliphatic rings. The Bertz CT molecular complexity index is 3380. The number of nitrogens with two attached hydrogens (primary N) is 6. The second-order valence-electron chi connectivity index (χ2n) is 22.7. The van der Waals surface area contributed by atoms with Crippen molar-refractivity contribution in [1.29, 1.82) is 0 Å². The van der Waals surface area contributed by atoms with Gasteiger partial charge in [-0.25, -0.2) is 29.7 Å². The van der Waals surface area contributed by atoms with Crippen molar-refractivity contribution in [3.8, 4) is 10.7 Å². The van der Waals surface area contributed by atoms with Gasteiger partial charge in [-0.05, 0) is 33.6 Å². The number of carboxylic acids is 1. The van der Waals surface area contributed by atoms with Crippen molar-refractivity contribution in [2.24, 2.45) is 39.6 Å². The molecule has 6 rings (SSSR count). The van der Waals surface area contributed by atoms with Crippen LogP contribution in [-0.2, 0) is 54.1 Å². The number of aliphatic hydroxyl groups is 8. The minimum absolute atomic E-state index is 0.0189. The van der Waals surface area contributed by atoms with Crippen LogP contribution in [0.2, 0.25) is 0 Å². The highest BCUT2D eigenvalue weighted by molar-refractivity contribution is 7.14. The summed E-state index contributed by atoms with van der Waals surface area (Å²) < 4.78 is 28.7. The number of hydrogen-bond acceptors (Lipinski definition) is 32. The summed E-state index contributed by atoms with van der Waals surface area (Å²) in [7, 11) is 0. The lowest BCUT2D eigenvalue weighted by molar-refractivity contribution is -0.372. The molecule has 2 aliphatic heterocycles. The SMILES string of the molecule is Cc1c(N)nc([C@H](CC(N)=O)NC[C@H](N)C(=O)O)nc1C(=O)N[C@H](C(=O)N[C@H](C)[C@@H](O)[C@H](C)C(=O)N[C@H](C(=O)NCCc1nc(-c2nc(C(=O)NCCCCN=C(N)N)cs2)cs1)[C@@H](C)O)[C@@H](O[C@@H]1O[C@@H](CO)[C@@H](O)[C@H](O)[C@@H]1O[C@H]1O[C@H](CO)[C@@H](O)[C@H](OC(N)=O)[C@@H]1O)c1cnc[nH]1. The zero-order valence-corrected chi connectivity index (χ0v) is 54.8. The van der Waals surface area contributed by atoms with Crippen LogP contribution < -0.4 is 66.3 Å². The number of primary amides is 2. The zero-order chi connectivity index (χ0) is 72.4. The molecule has 98 heavy (non-hydrogen) atoms. The maximum atomic E-state index is 15.2. The fourth-order valence-electron chi connectivity index (χ4n) is 9.87. The van der Waals surface area contributed by atoms with Gasteiger partial charge < -0.3 is 141 Å². The number of anilines is 1. The number of rotatable bonds is 36. The Morgan fingerprint density at radius 1 is 0.776 bits per heavy atom. The molecule has 6 heterocycles. The van der Waals surface area contributed by atoms with Gasteiger partial charge in [0.15, 0.2) is 24.6 Å². The largest absolute Gasteiger partial charge is 0.480 e. The molecule has 0 spiro atoms. The number of nitrogens with one attached hydrogen (secondary N) is 7. The highest BCUT2D eigenvalue weighted by atomic mass is 32.1. The van der Waals surface area contributed by atoms with E-state index in [0.29, 0.717) is 41.6 Å². The fraction of sp³-hybridized carbons (Fsp3) is 0.600. The number of aromatic nitrogens is 6. The van der Waals surface area contributed by atoms with E-state index in [4.69, 9.17) is 58.1 Å². The molecular formula is C55H83N19O22S2. The highest BCUT2D eigenvalue weighted by Gasteiger charge is 2.54. The molecule has 41 nitrogen and oxygen atoms in total. The van der Waals surface area contributed by atoms with E-state index in [-0.39, 0.29) is 47.6 Å². The maximum Gasteiger partial charge on any atom is 0.404 e. The number of aromatic amines is 1. The van der Waals surface area contributed by atoms with Crippen molar-refractivity contribution >= 4 is 82.0 Å². The first-order chi connectivity index (χ1) is 46.3. The molecule has 19 atom stereocenters. The third-order valence-electron chi connectivity index (χ3n) is 15.4. The number of ether oxygens (including phenoxy) is 5. The van der Waals surface area contributed by atoms with Gasteiger partial charge in [0.05, 0.1) is 66.6 Å². The molecule has 0 unspecified atom stereocenters. The predicted octanol–water partition coefficient (Wildman–Crippen LogP) is -8.32. The number of imidazole rings is 1. The number of carbonyl (C=O) groups is 8. The number of aliphatic carboxylic acids is 1. The van der Waals surface area contributed by atoms with Crippen LogP contribution in [0.25, 0.3) is 10.7 Å². The second-order valence-corrected chi connectivity index (χ2v) is 24.5. The number of aliphatic hydroxyl groups excluding tert-OH is 8. The molecule has 0 aromatic carbocycles. The van der Waals surface area contributed by atoms with Crippen LogP contribution in [0.1, 0.15) is 95.2 Å². The molecule has 7 amide bonds. The first-order valence-corrected chi connectivity index (χ1v) is 32.0. The molecule has 0 bridgehead atoms. The molecule has 0 radical (unpaired) electrons. The number of nitrogens with zero attached hydrogens (tertiary/aromatic N) is 6. The average Bonchev–Trinajstić information content (AvgIpc) is 0.925. The molecule has 0 saturated carbocycles. The van der Waals surface area contributed by atoms with Crippen LogP contribution in [0.3, 0.4) is 0 Å². The second kappa shape index (κ2) is 36.5. The Labute approximate surface area is 565 Å². The van der Waals surface area contributed by atoms with E-state index in [1.54, 1.807) is 10.8 Å². The van der Waals surface area contributed by atoms with E-state index in [0.717, 1.165) is 12.5 Å². The standard InChI is InChI=1S/C55H83N19O22S2/c1-19-32(71-44(74-43(19)58)24(11-30(57)78)66-12-23(56)51(89)90)48(87)73-34(40(25-13-62-18-67-25)94-53-42(38(82)36(80)28(14-75)93-53)95-52-39(83)41(96-55(61)91)37(81)29(15-76)92-52)49(88)68-21(3)35(79)20(2)45(84)72-33(22(4)77)47(86)64-10-7-31-69-27(17-97-31)50-70-26(16-98-50)46(85)63-8-5-6-9-65-54(59)60/h13,16-18,20-24,28-29,33-42,52-53,66,75-77,79-83H,5-12,14-15,56H2,1-4H3,(H2,57,78)(H2,61,91)(H,62,67)(H,63,85)(H,64,86)(H,68,88)(H,72,84)(H,73,87)(H,89,90)(H2,58,71,74)(H4,59,60,65)/t20-,21+,22+,23-,24-,28-,29+,33-,34-,35-,36+,37+,38-,39-,40-,41-,42-,52+,53-/m0/s1. The van der Waals surface area contributed by atoms with Gasteiger partial charge in [-0.2, -0.15) is 0 Å². The number of hydrogen-bond donors (Lipinski definition) is 22. The Kier molecular flexibility index (Phi) is 29.2. The van der Waals surface area contributed by atoms with Crippen LogP contribution in [0.15, 0.2) is 28.3 Å². The van der Waals surface area contributed by atoms with Crippen molar-refractivity contribution in [2.45, 2.75) is 163 Å². The topological polar surface area (TPSA) is 686 Å². The van der Waals surface area contributed by atoms with Gasteiger partial charge in [-0.15, -0.1) is 22.7 Å². The molecule has 0 aliphatic carbocycles. The summed E-state index contributed by atoms with van der Waals surface area (Å²) in [6.45, 7) is 3.21. The van der Waals surface area contributed by atoms with Crippen LogP contribution in [0.5, 0.6) is 0 Å². The molecule has 4 aromatic rings. The summed E-state index contributed by atoms with van der Waals surface area (Å²) in [6, 6.07) is -8.20. The lowest BCUT2D eigenvalue weighted by atomic mass is 9.96. The molecule has 2 saturated heterocycles. The maximum absolute atomic E-state index is 15.2. The minimum atomic E-state index is -2.21. The average molecular weight is 1430 g/mol. The Hall–Kier alpha value is -8.38. The van der Waals surface area contributed by atoms with E-state index in [9.17, 15) is 79.5 Å². The number of carbonyl (C=O) groups excluding carboxylic acids is 7. The molecule has 28 N–H and O–H groups in total. The van der Waals surface area contributed by atoms with Crippen molar-refractivity contribution in [1.82, 2.24) is 61.8 Å². The predicted molar refractivity (Wildman–Crippen MR) is 338 cm³/mol. The first kappa shape index (κ1) is 78.6. The van der Waals surface area contributed by atoms with Crippen molar-refractivity contribution < 1.29 is 108 Å². The van der Waals surface area contributed by atoms with Gasteiger partial charge in [-0.1, -0.05) is 6.92 Å². The van der Waals surface area contributed by atoms with Crippen LogP contribution in [0, 0.1) is 12.8 Å². The van der Waals surface area contributed by atoms with Crippen LogP contribution >= 0.6 is 22.7 Å². The van der Waals surface area contributed by atoms with Crippen molar-refractivity contribution in [2.75, 3.05) is 45.1 Å². The third-order valence-corrected chi connectivity index (χ3v) is 17.2. The summed E-state index contributed by atoms with van der Waals surface area (Å²) in [4.78, 5) is 134. The van der Waals surface area contributed by atoms with Crippen LogP contribution in [0.4, 0.5) is 10.6 Å². The fourth-order valence-corrected chi connectivity index (χ4v) is 11.5. The van der Waals surface area contributed by atoms with Gasteiger partial charge in [0, 0.05) is 55.3 Å². The van der Waals surface area contributed by atoms with Crippen molar-refractivity contribution in [3.05, 3.63) is 56.8 Å². The number of aliphatic imine (C=N–C) groups is 1. The van der Waals surface area contributed by atoms with E-state index in [2.05, 4.69) is 66.8 Å². The Morgan fingerprint density at radius 3 is 2.10 bits per heavy atom. The Morgan fingerprint density at radius 2 is 1.47 bits per heavy atom. The Balaban J connectivity index is 1.24. The number of amides is 7. The highest BCUT2D eigenvalue weighted by Crippen LogP contribution is 2.35. The quantitative estimate of drug-likeness (QED) is 0.0114. The summed E-state index contributed by atoms with van der Waals surface area (Å²) >= 11 is 2.45. The van der Waals surface area contributed by atoms with E-state index in [1.807, 2.05) is 0 Å². The van der Waals surface area contributed by atoms with Gasteiger partial charge in [0.25, 0.3) is 11.8 Å². The molecular weight excluding hydrogens is 1340 g/mol. The molecule has 4 aromatic heterocycles. The van der Waals surface area contributed by atoms with Gasteiger partial charge in [0.1, 0.15) is 101 Å². The van der Waals surface area contributed by atoms with Crippen molar-refractivity contribution in [3.63, 3.8) is 0 Å². The number of H-pyrrole nitrogens is 1. The number of carboxylic acid groups (broad SMARTS) is 1. The number of guanidine groups is 1. The molecule has 2 fully saturated rings. The number of unbranched alkanes of at least 4 members (excludes halogenated alkanes) is 1. The summed E-state index contributed by atoms with van der Waals surface area (Å²) in [5, 5.41) is 117. The smallest absolute Gasteiger partial charge is 0.404 e. The number of nitrogen functional groups attached to an aromatic ring is 1. The number of thiazole rings is 2. The van der Waals surface area contributed by atoms with E-state index >= 15 is 4.79 Å². The monoisotopic (exact) mass is 1430 g/mol. The van der Waals surface area contributed by atoms with E-state index < -0.39 is 195 Å². The zero-order valence-electron chi connectivity index (χ0n) is 53.1. The van der Waals surface area contributed by atoms with E-state index in [1.165, 1.54) is 50.4 Å². The van der Waals surface area contributed by atoms with Crippen LogP contribution in [-0.4, -0.2) is 267 Å². The molecule has 43 heteroatoms. The van der Waals surface area contributed by atoms with Gasteiger partial charge in [0.2, 0.25) is 23.6 Å². The lowest BCUT2D eigenvalue weighted by Crippen LogP contribution is -2.65. The first-order valence-electron chi connectivity index (χ1n) is 30.3. The summed E-state index contributed by atoms with van der Waals surface area (Å²) in [6.07, 6.45) is -24.1. The molecule has 542 valence electrons. The normalized spacial score (nSPS) is 23.6.